The van der Waals surface area contributed by atoms with E-state index < -0.39 is 194 Å². The van der Waals surface area contributed by atoms with Crippen LogP contribution in [-0.2, 0) is 71.2 Å². The van der Waals surface area contributed by atoms with E-state index in [2.05, 4.69) is 33.8 Å². The lowest BCUT2D eigenvalue weighted by Gasteiger charge is -2.63. The summed E-state index contributed by atoms with van der Waals surface area (Å²) in [6.45, 7) is 15.4. The lowest BCUT2D eigenvalue weighted by atomic mass is 9.41. The van der Waals surface area contributed by atoms with Crippen molar-refractivity contribution >= 4 is 11.9 Å². The highest BCUT2D eigenvalue weighted by Crippen LogP contribution is 2.76. The fourth-order valence-electron chi connectivity index (χ4n) is 16.9. The molecule has 488 valence electrons. The smallest absolute Gasteiger partial charge is 0.314 e. The van der Waals surface area contributed by atoms with Crippen molar-refractivity contribution < 1.29 is 127 Å². The van der Waals surface area contributed by atoms with Gasteiger partial charge in [-0.05, 0) is 95.0 Å². The fraction of sp³-hybridized carbons (Fsp3) is 0.867. The standard InChI is InChI=1S/C60H92O26/c1-25(2)12-11-17-59(9)49-33(79-27(4)62)20-58(8)29-13-14-35-56(5,6)36(16-18-57(35,7)28(29)15-19-60(49,58)55(73)86-59)81-53-47(38(67)31(64)23-77-53)85-54-48(84-50-40(69)37(66)30(63)22-75-50)41(70)44(26(3)78-54)82-52-43(72)46(39(68)34(21-61)80-52)83-51-42(71)45(74-10)32(65)24-76-51/h11-13,17,26,28,30-54,61,63-72H,14-16,18-24H2,1-10H3/b17-11+/t26-,28-,30-,31-,32-,33+,34-,35+,36+,37+,38+,39-,40-,41+,42-,43-,44-,45+,46+,47-,48-,49-,50+,51+,52+,53+,54+,57-,58+,59+,60-/m1/s1. The van der Waals surface area contributed by atoms with Crippen LogP contribution in [0.4, 0.5) is 0 Å². The Morgan fingerprint density at radius 1 is 0.663 bits per heavy atom. The number of hydrogen-bond donors (Lipinski definition) is 11. The molecule has 10 rings (SSSR count). The van der Waals surface area contributed by atoms with Crippen LogP contribution in [0.3, 0.4) is 0 Å². The Morgan fingerprint density at radius 2 is 1.27 bits per heavy atom. The van der Waals surface area contributed by atoms with Crippen LogP contribution < -0.4 is 0 Å². The van der Waals surface area contributed by atoms with Crippen LogP contribution >= 0.6 is 0 Å². The molecule has 3 saturated carbocycles. The van der Waals surface area contributed by atoms with Crippen LogP contribution in [0, 0.1) is 39.4 Å². The van der Waals surface area contributed by atoms with Gasteiger partial charge in [0, 0.05) is 19.4 Å². The maximum Gasteiger partial charge on any atom is 0.314 e. The van der Waals surface area contributed by atoms with Crippen molar-refractivity contribution in [3.05, 3.63) is 35.5 Å². The first-order valence-electron chi connectivity index (χ1n) is 30.3. The summed E-state index contributed by atoms with van der Waals surface area (Å²) in [5, 5.41) is 122. The second-order valence-electron chi connectivity index (χ2n) is 27.1. The van der Waals surface area contributed by atoms with Crippen molar-refractivity contribution in [2.24, 2.45) is 39.4 Å². The molecule has 10 aliphatic rings. The van der Waals surface area contributed by atoms with Crippen molar-refractivity contribution in [2.45, 2.75) is 254 Å². The lowest BCUT2D eigenvalue weighted by Crippen LogP contribution is -2.67. The first-order valence-corrected chi connectivity index (χ1v) is 30.3. The molecule has 0 aromatic carbocycles. The van der Waals surface area contributed by atoms with E-state index in [1.165, 1.54) is 26.5 Å². The minimum atomic E-state index is -1.93. The normalized spacial score (nSPS) is 51.8. The van der Waals surface area contributed by atoms with Crippen LogP contribution in [0.15, 0.2) is 35.5 Å². The van der Waals surface area contributed by atoms with Crippen LogP contribution in [0.1, 0.15) is 101 Å². The zero-order chi connectivity index (χ0) is 62.5. The molecule has 9 fully saturated rings. The fourth-order valence-corrected chi connectivity index (χ4v) is 16.9. The second-order valence-corrected chi connectivity index (χ2v) is 27.1. The Morgan fingerprint density at radius 3 is 1.93 bits per heavy atom. The molecule has 26 nitrogen and oxygen atoms in total. The first kappa shape index (κ1) is 66.2. The van der Waals surface area contributed by atoms with E-state index in [1.54, 1.807) is 0 Å². The largest absolute Gasteiger partial charge is 0.462 e. The maximum absolute atomic E-state index is 14.7. The monoisotopic (exact) mass is 1230 g/mol. The van der Waals surface area contributed by atoms with Crippen molar-refractivity contribution in [2.75, 3.05) is 33.5 Å². The number of fused-ring (bicyclic) bond motifs is 4. The predicted octanol–water partition coefficient (Wildman–Crippen LogP) is -0.968. The van der Waals surface area contributed by atoms with E-state index in [0.29, 0.717) is 38.5 Å². The van der Waals surface area contributed by atoms with Gasteiger partial charge in [0.25, 0.3) is 0 Å². The minimum absolute atomic E-state index is 0.00437. The van der Waals surface area contributed by atoms with E-state index in [1.807, 2.05) is 39.0 Å². The molecule has 6 aliphatic heterocycles. The molecule has 0 bridgehead atoms. The van der Waals surface area contributed by atoms with Gasteiger partial charge in [-0.15, -0.1) is 0 Å². The maximum atomic E-state index is 14.7. The summed E-state index contributed by atoms with van der Waals surface area (Å²) < 4.78 is 78.9. The summed E-state index contributed by atoms with van der Waals surface area (Å²) in [6.07, 6.45) is -25.2. The van der Waals surface area contributed by atoms with Gasteiger partial charge in [-0.1, -0.05) is 57.1 Å². The highest BCUT2D eigenvalue weighted by atomic mass is 16.8. The third kappa shape index (κ3) is 11.3. The SMILES string of the molecule is CO[C@@H]1[C@@H](O)[C@H](O[C@@H]2[C@@H](O)[C@H](O[C@H]3[C@H](O)[C@@H](O[C@@H]4OC[C@@H](O)[C@H](O)[C@H]4O)[C@H](O[C@H]4[C@H](O[C@H]5CC[C@]6(C)[C@@H]7CC[C@]89C(=O)O[C@@](C)(/C=C/C=C(C)C)[C@H]8[C@@H](OC(C)=O)C[C@@]9(C)C7=CC[C@H]6C5(C)C)OC[C@@H](O)[C@@H]4O)O[C@@H]3C)O[C@H](CO)[C@H]2O)OC[C@H]1O. The van der Waals surface area contributed by atoms with E-state index in [0.717, 1.165) is 5.57 Å². The number of rotatable bonds is 15. The summed E-state index contributed by atoms with van der Waals surface area (Å²) in [5.74, 6) is -1.08. The molecule has 0 unspecified atom stereocenters. The molecule has 26 heteroatoms. The average molecular weight is 1230 g/mol. The van der Waals surface area contributed by atoms with Gasteiger partial charge in [0.1, 0.15) is 109 Å². The van der Waals surface area contributed by atoms with Gasteiger partial charge in [-0.25, -0.2) is 0 Å². The van der Waals surface area contributed by atoms with Crippen molar-refractivity contribution in [3.63, 3.8) is 0 Å². The molecule has 1 spiro atoms. The zero-order valence-corrected chi connectivity index (χ0v) is 50.5. The number of carbonyl (C=O) groups excluding carboxylic acids is 2. The van der Waals surface area contributed by atoms with Gasteiger partial charge >= 0.3 is 11.9 Å². The Hall–Kier alpha value is -2.72. The van der Waals surface area contributed by atoms with Crippen LogP contribution in [-0.4, -0.2) is 255 Å². The Balaban J connectivity index is 0.889. The number of ether oxygens (including phenoxy) is 13. The second kappa shape index (κ2) is 25.1. The molecular weight excluding hydrogens is 1140 g/mol. The molecule has 6 saturated heterocycles. The number of cyclic esters (lactones) is 1. The molecule has 4 aliphatic carbocycles. The highest BCUT2D eigenvalue weighted by molar-refractivity contribution is 5.84. The number of carbonyl (C=O) groups is 2. The van der Waals surface area contributed by atoms with Crippen LogP contribution in [0.25, 0.3) is 0 Å². The van der Waals surface area contributed by atoms with Gasteiger partial charge in [-0.2, -0.15) is 0 Å². The molecular formula is C60H92O26. The Labute approximate surface area is 500 Å². The zero-order valence-electron chi connectivity index (χ0n) is 50.5. The summed E-state index contributed by atoms with van der Waals surface area (Å²) in [7, 11) is 1.25. The van der Waals surface area contributed by atoms with Gasteiger partial charge in [0.15, 0.2) is 31.5 Å². The lowest BCUT2D eigenvalue weighted by molar-refractivity contribution is -0.402. The molecule has 31 atom stereocenters. The van der Waals surface area contributed by atoms with E-state index in [-0.39, 0.29) is 36.4 Å². The van der Waals surface area contributed by atoms with Crippen LogP contribution in [0.2, 0.25) is 0 Å². The summed E-state index contributed by atoms with van der Waals surface area (Å²) in [4.78, 5) is 27.5. The summed E-state index contributed by atoms with van der Waals surface area (Å²) >= 11 is 0. The average Bonchev–Trinajstić information content (AvgIpc) is 1.46. The predicted molar refractivity (Wildman–Crippen MR) is 292 cm³/mol. The van der Waals surface area contributed by atoms with E-state index >= 15 is 0 Å². The van der Waals surface area contributed by atoms with Gasteiger partial charge in [-0.3, -0.25) is 9.59 Å². The molecule has 0 aromatic heterocycles. The van der Waals surface area contributed by atoms with E-state index in [9.17, 15) is 65.8 Å². The molecule has 0 aromatic rings. The van der Waals surface area contributed by atoms with Crippen molar-refractivity contribution in [1.82, 2.24) is 0 Å². The number of allylic oxidation sites excluding steroid dienone is 5. The summed E-state index contributed by atoms with van der Waals surface area (Å²) in [5.41, 5.74) is -1.32. The molecule has 6 heterocycles. The van der Waals surface area contributed by atoms with Gasteiger partial charge in [0.05, 0.1) is 50.0 Å². The molecule has 11 N–H and O–H groups in total. The van der Waals surface area contributed by atoms with Gasteiger partial charge < -0.3 is 118 Å². The third-order valence-corrected chi connectivity index (χ3v) is 21.3. The van der Waals surface area contributed by atoms with Crippen molar-refractivity contribution in [1.29, 1.82) is 0 Å². The highest BCUT2D eigenvalue weighted by Gasteiger charge is 2.79. The number of esters is 2. The number of hydrogen-bond acceptors (Lipinski definition) is 26. The van der Waals surface area contributed by atoms with E-state index in [4.69, 9.17) is 61.6 Å². The topological polar surface area (TPSA) is 377 Å². The molecule has 0 amide bonds. The Kier molecular flexibility index (Phi) is 19.3. The number of aliphatic hydroxyl groups excluding tert-OH is 11. The number of methoxy groups -OCH3 is 1. The molecule has 86 heavy (non-hydrogen) atoms. The Bertz CT molecular complexity index is 2510. The third-order valence-electron chi connectivity index (χ3n) is 21.3. The van der Waals surface area contributed by atoms with Gasteiger partial charge in [0.2, 0.25) is 0 Å². The quantitative estimate of drug-likeness (QED) is 0.0534. The summed E-state index contributed by atoms with van der Waals surface area (Å²) in [6, 6.07) is 0. The first-order chi connectivity index (χ1) is 40.5. The van der Waals surface area contributed by atoms with Crippen LogP contribution in [0.5, 0.6) is 0 Å². The molecule has 0 radical (unpaired) electrons. The van der Waals surface area contributed by atoms with Crippen molar-refractivity contribution in [3.8, 4) is 0 Å². The minimum Gasteiger partial charge on any atom is -0.462 e. The number of aliphatic hydroxyl groups is 11.